The molecule has 1 aliphatic heterocycles. The number of likely N-dealkylation sites (tertiary alicyclic amines) is 1. The van der Waals surface area contributed by atoms with Crippen LogP contribution >= 0.6 is 0 Å². The van der Waals surface area contributed by atoms with Crippen LogP contribution in [-0.2, 0) is 0 Å². The summed E-state index contributed by atoms with van der Waals surface area (Å²) >= 11 is 0. The zero-order chi connectivity index (χ0) is 18.6. The van der Waals surface area contributed by atoms with E-state index in [1.807, 2.05) is 45.0 Å². The Balaban J connectivity index is 1.49. The van der Waals surface area contributed by atoms with Crippen LogP contribution in [0.4, 0.5) is 10.5 Å². The minimum atomic E-state index is -0.304. The van der Waals surface area contributed by atoms with Crippen molar-refractivity contribution in [3.05, 3.63) is 24.3 Å². The Kier molecular flexibility index (Phi) is 6.07. The topological polar surface area (TPSA) is 53.6 Å². The van der Waals surface area contributed by atoms with Crippen molar-refractivity contribution >= 4 is 11.7 Å². The van der Waals surface area contributed by atoms with E-state index < -0.39 is 0 Å². The number of nitrogens with zero attached hydrogens (tertiary/aromatic N) is 1. The molecule has 1 saturated heterocycles. The quantitative estimate of drug-likeness (QED) is 0.838. The van der Waals surface area contributed by atoms with Crippen LogP contribution in [-0.4, -0.2) is 41.7 Å². The highest BCUT2D eigenvalue weighted by molar-refractivity contribution is 5.91. The second kappa shape index (κ2) is 8.30. The maximum atomic E-state index is 12.4. The summed E-state index contributed by atoms with van der Waals surface area (Å²) in [4.78, 5) is 15.1. The van der Waals surface area contributed by atoms with Crippen LogP contribution in [0.5, 0.6) is 5.75 Å². The van der Waals surface area contributed by atoms with Gasteiger partial charge < -0.3 is 20.3 Å². The first-order valence-electron chi connectivity index (χ1n) is 10.0. The van der Waals surface area contributed by atoms with E-state index in [4.69, 9.17) is 4.74 Å². The highest BCUT2D eigenvalue weighted by atomic mass is 16.5. The maximum absolute atomic E-state index is 12.4. The van der Waals surface area contributed by atoms with Crippen LogP contribution in [0.3, 0.4) is 0 Å². The van der Waals surface area contributed by atoms with Crippen LogP contribution in [0.15, 0.2) is 24.3 Å². The van der Waals surface area contributed by atoms with Crippen molar-refractivity contribution in [2.75, 3.05) is 18.4 Å². The van der Waals surface area contributed by atoms with E-state index in [0.29, 0.717) is 11.4 Å². The summed E-state index contributed by atoms with van der Waals surface area (Å²) in [5.41, 5.74) is 0.407. The molecule has 2 N–H and O–H groups in total. The monoisotopic (exact) mass is 359 g/mol. The van der Waals surface area contributed by atoms with Gasteiger partial charge in [0.25, 0.3) is 0 Å². The summed E-state index contributed by atoms with van der Waals surface area (Å²) in [7, 11) is 0. The first-order chi connectivity index (χ1) is 12.4. The van der Waals surface area contributed by atoms with E-state index in [1.165, 1.54) is 25.7 Å². The molecule has 0 radical (unpaired) electrons. The molecule has 144 valence electrons. The molecule has 0 spiro atoms. The van der Waals surface area contributed by atoms with E-state index in [9.17, 15) is 4.79 Å². The molecule has 5 nitrogen and oxygen atoms in total. The molecule has 0 unspecified atom stereocenters. The normalized spacial score (nSPS) is 20.1. The number of rotatable bonds is 4. The van der Waals surface area contributed by atoms with E-state index in [0.717, 1.165) is 32.0 Å². The molecule has 0 atom stereocenters. The van der Waals surface area contributed by atoms with Crippen molar-refractivity contribution in [3.8, 4) is 5.75 Å². The van der Waals surface area contributed by atoms with Gasteiger partial charge in [0.1, 0.15) is 11.4 Å². The van der Waals surface area contributed by atoms with E-state index in [2.05, 4.69) is 15.5 Å². The van der Waals surface area contributed by atoms with E-state index in [-0.39, 0.29) is 17.7 Å². The van der Waals surface area contributed by atoms with Gasteiger partial charge in [0, 0.05) is 25.2 Å². The van der Waals surface area contributed by atoms with Gasteiger partial charge in [-0.05, 0) is 58.6 Å². The van der Waals surface area contributed by atoms with Crippen LogP contribution in [0.25, 0.3) is 0 Å². The summed E-state index contributed by atoms with van der Waals surface area (Å²) < 4.78 is 5.95. The van der Waals surface area contributed by atoms with Crippen molar-refractivity contribution in [2.24, 2.45) is 0 Å². The Bertz CT molecular complexity index is 598. The standard InChI is InChI=1S/C21H33N3O2/c1-21(2,3)26-19-11-7-6-10-18(19)23-20(25)22-16-12-14-24(15-13-16)17-8-4-5-9-17/h6-7,10-11,16-17H,4-5,8-9,12-15H2,1-3H3,(H2,22,23,25). The molecule has 2 fully saturated rings. The number of para-hydroxylation sites is 2. The van der Waals surface area contributed by atoms with Crippen molar-refractivity contribution in [3.63, 3.8) is 0 Å². The molecule has 2 aliphatic rings. The average Bonchev–Trinajstić information content (AvgIpc) is 3.10. The lowest BCUT2D eigenvalue weighted by molar-refractivity contribution is 0.132. The molecule has 2 amide bonds. The molecule has 1 heterocycles. The number of hydrogen-bond acceptors (Lipinski definition) is 3. The maximum Gasteiger partial charge on any atom is 0.319 e. The third kappa shape index (κ3) is 5.37. The molecule has 5 heteroatoms. The van der Waals surface area contributed by atoms with Crippen molar-refractivity contribution in [2.45, 2.75) is 77.0 Å². The third-order valence-corrected chi connectivity index (χ3v) is 5.26. The number of hydrogen-bond donors (Lipinski definition) is 2. The number of nitrogens with one attached hydrogen (secondary N) is 2. The van der Waals surface area contributed by atoms with Gasteiger partial charge in [-0.1, -0.05) is 25.0 Å². The van der Waals surface area contributed by atoms with Gasteiger partial charge in [-0.2, -0.15) is 0 Å². The Morgan fingerprint density at radius 3 is 2.38 bits per heavy atom. The molecular weight excluding hydrogens is 326 g/mol. The lowest BCUT2D eigenvalue weighted by Crippen LogP contribution is -2.48. The number of benzene rings is 1. The lowest BCUT2D eigenvalue weighted by atomic mass is 10.0. The fourth-order valence-electron chi connectivity index (χ4n) is 4.01. The summed E-state index contributed by atoms with van der Waals surface area (Å²) in [5, 5.41) is 6.09. The summed E-state index contributed by atoms with van der Waals surface area (Å²) in [5.74, 6) is 0.700. The van der Waals surface area contributed by atoms with Crippen molar-refractivity contribution in [1.29, 1.82) is 0 Å². The second-order valence-electron chi connectivity index (χ2n) is 8.56. The smallest absolute Gasteiger partial charge is 0.319 e. The average molecular weight is 360 g/mol. The number of ether oxygens (including phenoxy) is 1. The first kappa shape index (κ1) is 19.0. The fourth-order valence-corrected chi connectivity index (χ4v) is 4.01. The third-order valence-electron chi connectivity index (χ3n) is 5.26. The molecule has 0 aromatic heterocycles. The van der Waals surface area contributed by atoms with Crippen LogP contribution in [0.2, 0.25) is 0 Å². The molecular formula is C21H33N3O2. The second-order valence-corrected chi connectivity index (χ2v) is 8.56. The minimum Gasteiger partial charge on any atom is -0.486 e. The number of amides is 2. The van der Waals surface area contributed by atoms with Crippen molar-refractivity contribution < 1.29 is 9.53 Å². The summed E-state index contributed by atoms with van der Waals surface area (Å²) in [6.45, 7) is 8.20. The molecule has 1 aromatic rings. The predicted molar refractivity (Wildman–Crippen MR) is 106 cm³/mol. The molecule has 3 rings (SSSR count). The van der Waals surface area contributed by atoms with Gasteiger partial charge in [-0.25, -0.2) is 4.79 Å². The minimum absolute atomic E-state index is 0.144. The number of piperidine rings is 1. The van der Waals surface area contributed by atoms with Gasteiger partial charge in [0.15, 0.2) is 0 Å². The SMILES string of the molecule is CC(C)(C)Oc1ccccc1NC(=O)NC1CCN(C2CCCC2)CC1. The molecule has 1 saturated carbocycles. The highest BCUT2D eigenvalue weighted by Crippen LogP contribution is 2.28. The van der Waals surface area contributed by atoms with E-state index >= 15 is 0 Å². The Morgan fingerprint density at radius 2 is 1.73 bits per heavy atom. The zero-order valence-electron chi connectivity index (χ0n) is 16.4. The van der Waals surface area contributed by atoms with Gasteiger partial charge in [0.05, 0.1) is 5.69 Å². The molecule has 1 aliphatic carbocycles. The van der Waals surface area contributed by atoms with Gasteiger partial charge >= 0.3 is 6.03 Å². The van der Waals surface area contributed by atoms with Gasteiger partial charge in [-0.15, -0.1) is 0 Å². The first-order valence-corrected chi connectivity index (χ1v) is 10.0. The number of carbonyl (C=O) groups excluding carboxylic acids is 1. The number of urea groups is 1. The summed E-state index contributed by atoms with van der Waals surface area (Å²) in [6.07, 6.45) is 7.52. The Morgan fingerprint density at radius 1 is 1.08 bits per heavy atom. The van der Waals surface area contributed by atoms with Gasteiger partial charge in [-0.3, -0.25) is 0 Å². The molecule has 1 aromatic carbocycles. The summed E-state index contributed by atoms with van der Waals surface area (Å²) in [6, 6.07) is 8.49. The van der Waals surface area contributed by atoms with Crippen LogP contribution in [0, 0.1) is 0 Å². The number of carbonyl (C=O) groups is 1. The van der Waals surface area contributed by atoms with Crippen LogP contribution in [0.1, 0.15) is 59.3 Å². The van der Waals surface area contributed by atoms with E-state index in [1.54, 1.807) is 0 Å². The lowest BCUT2D eigenvalue weighted by Gasteiger charge is -2.36. The molecule has 26 heavy (non-hydrogen) atoms. The van der Waals surface area contributed by atoms with Gasteiger partial charge in [0.2, 0.25) is 0 Å². The predicted octanol–water partition coefficient (Wildman–Crippen LogP) is 4.39. The Labute approximate surface area is 157 Å². The molecule has 0 bridgehead atoms. The largest absolute Gasteiger partial charge is 0.486 e. The highest BCUT2D eigenvalue weighted by Gasteiger charge is 2.27. The fraction of sp³-hybridized carbons (Fsp3) is 0.667. The van der Waals surface area contributed by atoms with Crippen LogP contribution < -0.4 is 15.4 Å². The van der Waals surface area contributed by atoms with Crippen molar-refractivity contribution in [1.82, 2.24) is 10.2 Å². The zero-order valence-corrected chi connectivity index (χ0v) is 16.4. The Hall–Kier alpha value is -1.75. The number of anilines is 1.